The van der Waals surface area contributed by atoms with Gasteiger partial charge < -0.3 is 10.1 Å². The van der Waals surface area contributed by atoms with Crippen molar-refractivity contribution in [1.29, 1.82) is 0 Å². The lowest BCUT2D eigenvalue weighted by Gasteiger charge is -2.27. The van der Waals surface area contributed by atoms with Crippen LogP contribution >= 0.6 is 0 Å². The summed E-state index contributed by atoms with van der Waals surface area (Å²) in [5.41, 5.74) is 0. The summed E-state index contributed by atoms with van der Waals surface area (Å²) >= 11 is 0. The molecule has 1 aliphatic carbocycles. The zero-order valence-electron chi connectivity index (χ0n) is 11.3. The second kappa shape index (κ2) is 8.51. The van der Waals surface area contributed by atoms with E-state index in [9.17, 15) is 4.79 Å². The van der Waals surface area contributed by atoms with E-state index in [1.54, 1.807) is 0 Å². The fourth-order valence-electron chi connectivity index (χ4n) is 2.57. The fraction of sp³-hybridized carbons (Fsp3) is 0.929. The summed E-state index contributed by atoms with van der Waals surface area (Å²) < 4.78 is 4.88. The zero-order valence-corrected chi connectivity index (χ0v) is 11.3. The topological polar surface area (TPSA) is 38.3 Å². The van der Waals surface area contributed by atoms with Gasteiger partial charge in [-0.25, -0.2) is 0 Å². The molecule has 0 aliphatic heterocycles. The molecule has 0 heterocycles. The second-order valence-corrected chi connectivity index (χ2v) is 5.05. The molecule has 0 amide bonds. The van der Waals surface area contributed by atoms with Crippen molar-refractivity contribution < 1.29 is 9.53 Å². The van der Waals surface area contributed by atoms with Crippen LogP contribution in [-0.4, -0.2) is 25.7 Å². The number of hydrogen-bond donors (Lipinski definition) is 1. The summed E-state index contributed by atoms with van der Waals surface area (Å²) in [6.45, 7) is 6.45. The summed E-state index contributed by atoms with van der Waals surface area (Å²) in [6, 6.07) is 0. The highest BCUT2D eigenvalue weighted by atomic mass is 16.5. The molecule has 100 valence electrons. The first-order valence-corrected chi connectivity index (χ1v) is 7.12. The fourth-order valence-corrected chi connectivity index (χ4v) is 2.57. The van der Waals surface area contributed by atoms with Gasteiger partial charge in [-0.15, -0.1) is 0 Å². The van der Waals surface area contributed by atoms with Gasteiger partial charge in [0.05, 0.1) is 13.0 Å². The molecule has 0 aromatic carbocycles. The smallest absolute Gasteiger partial charge is 0.307 e. The van der Waals surface area contributed by atoms with Gasteiger partial charge in [0.2, 0.25) is 0 Å². The number of hydrogen-bond acceptors (Lipinski definition) is 3. The SMILES string of the molecule is CCOC(=O)CCNCC1CCC(CC)CC1. The predicted molar refractivity (Wildman–Crippen MR) is 69.9 cm³/mol. The molecule has 0 spiro atoms. The van der Waals surface area contributed by atoms with E-state index in [2.05, 4.69) is 12.2 Å². The molecule has 17 heavy (non-hydrogen) atoms. The number of nitrogens with one attached hydrogen (secondary N) is 1. The highest BCUT2D eigenvalue weighted by molar-refractivity contribution is 5.69. The largest absolute Gasteiger partial charge is 0.466 e. The van der Waals surface area contributed by atoms with Gasteiger partial charge in [-0.3, -0.25) is 4.79 Å². The van der Waals surface area contributed by atoms with Gasteiger partial charge in [0.25, 0.3) is 0 Å². The maximum Gasteiger partial charge on any atom is 0.307 e. The quantitative estimate of drug-likeness (QED) is 0.550. The zero-order chi connectivity index (χ0) is 12.5. The van der Waals surface area contributed by atoms with Crippen LogP contribution in [0.4, 0.5) is 0 Å². The van der Waals surface area contributed by atoms with E-state index in [-0.39, 0.29) is 5.97 Å². The second-order valence-electron chi connectivity index (χ2n) is 5.05. The highest BCUT2D eigenvalue weighted by Gasteiger charge is 2.19. The lowest BCUT2D eigenvalue weighted by Crippen LogP contribution is -2.28. The molecule has 3 nitrogen and oxygen atoms in total. The van der Waals surface area contributed by atoms with Gasteiger partial charge in [0, 0.05) is 6.54 Å². The van der Waals surface area contributed by atoms with E-state index < -0.39 is 0 Å². The highest BCUT2D eigenvalue weighted by Crippen LogP contribution is 2.29. The van der Waals surface area contributed by atoms with E-state index >= 15 is 0 Å². The Hall–Kier alpha value is -0.570. The maximum absolute atomic E-state index is 11.1. The van der Waals surface area contributed by atoms with Crippen LogP contribution in [0.1, 0.15) is 52.4 Å². The van der Waals surface area contributed by atoms with Crippen LogP contribution < -0.4 is 5.32 Å². The first-order chi connectivity index (χ1) is 8.26. The molecule has 1 rings (SSSR count). The van der Waals surface area contributed by atoms with Gasteiger partial charge in [-0.05, 0) is 38.1 Å². The van der Waals surface area contributed by atoms with Crippen molar-refractivity contribution >= 4 is 5.97 Å². The first-order valence-electron chi connectivity index (χ1n) is 7.12. The van der Waals surface area contributed by atoms with E-state index in [1.165, 1.54) is 32.1 Å². The Morgan fingerprint density at radius 2 is 1.82 bits per heavy atom. The van der Waals surface area contributed by atoms with Gasteiger partial charge in [0.15, 0.2) is 0 Å². The Labute approximate surface area is 105 Å². The van der Waals surface area contributed by atoms with E-state index in [4.69, 9.17) is 4.74 Å². The lowest BCUT2D eigenvalue weighted by molar-refractivity contribution is -0.142. The molecule has 0 bridgehead atoms. The van der Waals surface area contributed by atoms with Crippen molar-refractivity contribution in [2.45, 2.75) is 52.4 Å². The molecule has 1 saturated carbocycles. The number of esters is 1. The molecule has 0 saturated heterocycles. The van der Waals surface area contributed by atoms with Crippen molar-refractivity contribution in [3.63, 3.8) is 0 Å². The summed E-state index contributed by atoms with van der Waals surface area (Å²) in [6.07, 6.45) is 7.32. The first kappa shape index (κ1) is 14.5. The Balaban J connectivity index is 1.98. The van der Waals surface area contributed by atoms with E-state index in [0.717, 1.165) is 24.9 Å². The molecule has 1 N–H and O–H groups in total. The summed E-state index contributed by atoms with van der Waals surface area (Å²) in [7, 11) is 0. The molecular weight excluding hydrogens is 214 g/mol. The number of carbonyl (C=O) groups excluding carboxylic acids is 1. The maximum atomic E-state index is 11.1. The third-order valence-corrected chi connectivity index (χ3v) is 3.79. The summed E-state index contributed by atoms with van der Waals surface area (Å²) in [4.78, 5) is 11.1. The van der Waals surface area contributed by atoms with Crippen LogP contribution in [0.15, 0.2) is 0 Å². The standard InChI is InChI=1S/C14H27NO2/c1-3-12-5-7-13(8-6-12)11-15-10-9-14(16)17-4-2/h12-13,15H,3-11H2,1-2H3. The lowest BCUT2D eigenvalue weighted by atomic mass is 9.81. The third kappa shape index (κ3) is 6.06. The summed E-state index contributed by atoms with van der Waals surface area (Å²) in [5, 5.41) is 3.38. The molecule has 0 unspecified atom stereocenters. The van der Waals surface area contributed by atoms with Crippen molar-refractivity contribution in [3.05, 3.63) is 0 Å². The van der Waals surface area contributed by atoms with Crippen LogP contribution in [0, 0.1) is 11.8 Å². The minimum Gasteiger partial charge on any atom is -0.466 e. The minimum atomic E-state index is -0.0882. The molecule has 1 fully saturated rings. The van der Waals surface area contributed by atoms with Crippen LogP contribution in [0.2, 0.25) is 0 Å². The molecule has 0 atom stereocenters. The molecular formula is C14H27NO2. The number of rotatable bonds is 7. The molecule has 1 aliphatic rings. The minimum absolute atomic E-state index is 0.0882. The van der Waals surface area contributed by atoms with Crippen molar-refractivity contribution in [2.24, 2.45) is 11.8 Å². The number of ether oxygens (including phenoxy) is 1. The van der Waals surface area contributed by atoms with Gasteiger partial charge in [-0.1, -0.05) is 26.2 Å². The molecule has 0 aromatic rings. The van der Waals surface area contributed by atoms with Gasteiger partial charge in [0.1, 0.15) is 0 Å². The molecule has 0 aromatic heterocycles. The predicted octanol–water partition coefficient (Wildman–Crippen LogP) is 2.75. The van der Waals surface area contributed by atoms with Crippen LogP contribution in [0.25, 0.3) is 0 Å². The van der Waals surface area contributed by atoms with Crippen LogP contribution in [0.5, 0.6) is 0 Å². The van der Waals surface area contributed by atoms with Crippen molar-refractivity contribution in [1.82, 2.24) is 5.32 Å². The van der Waals surface area contributed by atoms with Crippen molar-refractivity contribution in [3.8, 4) is 0 Å². The third-order valence-electron chi connectivity index (χ3n) is 3.79. The Kier molecular flexibility index (Phi) is 7.25. The van der Waals surface area contributed by atoms with Crippen LogP contribution in [-0.2, 0) is 9.53 Å². The average molecular weight is 241 g/mol. The van der Waals surface area contributed by atoms with Crippen LogP contribution in [0.3, 0.4) is 0 Å². The van der Waals surface area contributed by atoms with Gasteiger partial charge >= 0.3 is 5.97 Å². The van der Waals surface area contributed by atoms with Gasteiger partial charge in [-0.2, -0.15) is 0 Å². The summed E-state index contributed by atoms with van der Waals surface area (Å²) in [5.74, 6) is 1.69. The van der Waals surface area contributed by atoms with E-state index in [0.29, 0.717) is 13.0 Å². The molecule has 3 heteroatoms. The average Bonchev–Trinajstić information content (AvgIpc) is 2.36. The van der Waals surface area contributed by atoms with Crippen molar-refractivity contribution in [2.75, 3.05) is 19.7 Å². The Morgan fingerprint density at radius 3 is 2.41 bits per heavy atom. The van der Waals surface area contributed by atoms with E-state index in [1.807, 2.05) is 6.92 Å². The normalized spacial score (nSPS) is 24.6. The Bertz CT molecular complexity index is 210. The monoisotopic (exact) mass is 241 g/mol. The Morgan fingerprint density at radius 1 is 1.18 bits per heavy atom. The molecule has 0 radical (unpaired) electrons. The number of carbonyl (C=O) groups is 1.